The zero-order chi connectivity index (χ0) is 18.8. The average Bonchev–Trinajstić information content (AvgIpc) is 2.49. The van der Waals surface area contributed by atoms with E-state index in [1.54, 1.807) is 40.0 Å². The van der Waals surface area contributed by atoms with Gasteiger partial charge < -0.3 is 19.2 Å². The number of hydrogen-bond acceptors (Lipinski definition) is 5. The molecule has 6 nitrogen and oxygen atoms in total. The second-order valence-corrected chi connectivity index (χ2v) is 7.25. The van der Waals surface area contributed by atoms with Crippen molar-refractivity contribution in [3.05, 3.63) is 40.2 Å². The highest BCUT2D eigenvalue weighted by atomic mass is 16.6. The largest absolute Gasteiger partial charge is 0.497 e. The molecule has 1 heterocycles. The molecule has 6 heteroatoms. The Morgan fingerprint density at radius 1 is 1.20 bits per heavy atom. The first kappa shape index (κ1) is 18.8. The molecule has 0 aliphatic rings. The van der Waals surface area contributed by atoms with Crippen molar-refractivity contribution in [2.75, 3.05) is 7.11 Å². The van der Waals surface area contributed by atoms with Gasteiger partial charge in [0.15, 0.2) is 0 Å². The predicted molar refractivity (Wildman–Crippen MR) is 96.0 cm³/mol. The van der Waals surface area contributed by atoms with E-state index in [1.807, 2.05) is 19.9 Å². The van der Waals surface area contributed by atoms with Crippen molar-refractivity contribution in [2.45, 2.75) is 46.3 Å². The van der Waals surface area contributed by atoms with Crippen molar-refractivity contribution in [3.63, 3.8) is 0 Å². The summed E-state index contributed by atoms with van der Waals surface area (Å²) in [6.45, 7) is 9.33. The van der Waals surface area contributed by atoms with Gasteiger partial charge in [0, 0.05) is 17.5 Å². The number of benzene rings is 1. The number of carbonyl (C=O) groups is 1. The molecule has 1 N–H and O–H groups in total. The standard InChI is InChI=1S/C19H25NO5/c1-11(2)17(20-18(22)25-19(3,4)5)14-10-16(21)24-15-9-12(23-6)7-8-13(14)15/h7-11,17H,1-6H3,(H,20,22)/t17-/m0/s1. The fourth-order valence-corrected chi connectivity index (χ4v) is 2.59. The quantitative estimate of drug-likeness (QED) is 0.845. The van der Waals surface area contributed by atoms with E-state index in [4.69, 9.17) is 13.9 Å². The minimum Gasteiger partial charge on any atom is -0.497 e. The molecule has 0 saturated heterocycles. The lowest BCUT2D eigenvalue weighted by Gasteiger charge is -2.26. The molecule has 0 radical (unpaired) electrons. The fourth-order valence-electron chi connectivity index (χ4n) is 2.59. The highest BCUT2D eigenvalue weighted by Gasteiger charge is 2.25. The zero-order valence-electron chi connectivity index (χ0n) is 15.5. The summed E-state index contributed by atoms with van der Waals surface area (Å²) in [4.78, 5) is 24.2. The highest BCUT2D eigenvalue weighted by Crippen LogP contribution is 2.30. The number of alkyl carbamates (subject to hydrolysis) is 1. The minimum atomic E-state index is -0.600. The molecule has 0 spiro atoms. The summed E-state index contributed by atoms with van der Waals surface area (Å²) < 4.78 is 15.8. The molecule has 0 bridgehead atoms. The molecule has 0 fully saturated rings. The van der Waals surface area contributed by atoms with E-state index in [1.165, 1.54) is 6.07 Å². The van der Waals surface area contributed by atoms with E-state index in [9.17, 15) is 9.59 Å². The molecule has 25 heavy (non-hydrogen) atoms. The second-order valence-electron chi connectivity index (χ2n) is 7.25. The van der Waals surface area contributed by atoms with Crippen molar-refractivity contribution in [1.29, 1.82) is 0 Å². The van der Waals surface area contributed by atoms with Gasteiger partial charge in [0.1, 0.15) is 16.9 Å². The van der Waals surface area contributed by atoms with Gasteiger partial charge in [0.05, 0.1) is 13.2 Å². The Balaban J connectivity index is 2.47. The summed E-state index contributed by atoms with van der Waals surface area (Å²) >= 11 is 0. The van der Waals surface area contributed by atoms with Gasteiger partial charge in [-0.3, -0.25) is 0 Å². The van der Waals surface area contributed by atoms with Gasteiger partial charge in [-0.25, -0.2) is 9.59 Å². The van der Waals surface area contributed by atoms with Crippen LogP contribution in [-0.4, -0.2) is 18.8 Å². The lowest BCUT2D eigenvalue weighted by molar-refractivity contribution is 0.0490. The van der Waals surface area contributed by atoms with Crippen molar-refractivity contribution < 1.29 is 18.7 Å². The molecular weight excluding hydrogens is 322 g/mol. The third-order valence-electron chi connectivity index (χ3n) is 3.66. The fraction of sp³-hybridized carbons (Fsp3) is 0.474. The molecule has 0 saturated carbocycles. The van der Waals surface area contributed by atoms with Crippen LogP contribution in [0.2, 0.25) is 0 Å². The van der Waals surface area contributed by atoms with Gasteiger partial charge in [-0.15, -0.1) is 0 Å². The van der Waals surface area contributed by atoms with Gasteiger partial charge in [0.2, 0.25) is 0 Å². The lowest BCUT2D eigenvalue weighted by atomic mass is 9.94. The number of hydrogen-bond donors (Lipinski definition) is 1. The average molecular weight is 347 g/mol. The first-order valence-corrected chi connectivity index (χ1v) is 8.22. The summed E-state index contributed by atoms with van der Waals surface area (Å²) in [6.07, 6.45) is -0.527. The highest BCUT2D eigenvalue weighted by molar-refractivity contribution is 5.82. The second kappa shape index (κ2) is 7.17. The third-order valence-corrected chi connectivity index (χ3v) is 3.66. The molecular formula is C19H25NO5. The maximum absolute atomic E-state index is 12.2. The van der Waals surface area contributed by atoms with E-state index in [0.717, 1.165) is 5.39 Å². The van der Waals surface area contributed by atoms with Gasteiger partial charge >= 0.3 is 11.7 Å². The number of carbonyl (C=O) groups excluding carboxylic acids is 1. The summed E-state index contributed by atoms with van der Waals surface area (Å²) in [5.74, 6) is 0.633. The van der Waals surface area contributed by atoms with Gasteiger partial charge in [-0.05, 0) is 44.4 Å². The molecule has 1 aromatic heterocycles. The van der Waals surface area contributed by atoms with E-state index in [-0.39, 0.29) is 5.92 Å². The van der Waals surface area contributed by atoms with Crippen molar-refractivity contribution in [2.24, 2.45) is 5.92 Å². The molecule has 0 aliphatic carbocycles. The van der Waals surface area contributed by atoms with Crippen molar-refractivity contribution in [1.82, 2.24) is 5.32 Å². The molecule has 2 rings (SSSR count). The third kappa shape index (κ3) is 4.75. The van der Waals surface area contributed by atoms with Crippen LogP contribution in [0.25, 0.3) is 11.0 Å². The lowest BCUT2D eigenvalue weighted by Crippen LogP contribution is -2.37. The van der Waals surface area contributed by atoms with Crippen LogP contribution in [0, 0.1) is 5.92 Å². The molecule has 1 aromatic carbocycles. The van der Waals surface area contributed by atoms with Crippen LogP contribution in [0.1, 0.15) is 46.2 Å². The molecule has 0 aliphatic heterocycles. The van der Waals surface area contributed by atoms with Crippen LogP contribution in [-0.2, 0) is 4.74 Å². The normalized spacial score (nSPS) is 12.9. The van der Waals surface area contributed by atoms with Crippen molar-refractivity contribution in [3.8, 4) is 5.75 Å². The first-order valence-electron chi connectivity index (χ1n) is 8.22. The van der Waals surface area contributed by atoms with Crippen LogP contribution in [0.15, 0.2) is 33.5 Å². The Morgan fingerprint density at radius 3 is 2.44 bits per heavy atom. The first-order chi connectivity index (χ1) is 11.6. The van der Waals surface area contributed by atoms with Crippen LogP contribution in [0.4, 0.5) is 4.79 Å². The van der Waals surface area contributed by atoms with Crippen LogP contribution >= 0.6 is 0 Å². The van der Waals surface area contributed by atoms with E-state index >= 15 is 0 Å². The van der Waals surface area contributed by atoms with Crippen LogP contribution < -0.4 is 15.7 Å². The van der Waals surface area contributed by atoms with Crippen LogP contribution in [0.5, 0.6) is 5.75 Å². The number of rotatable bonds is 4. The summed E-state index contributed by atoms with van der Waals surface area (Å²) in [7, 11) is 1.55. The molecule has 136 valence electrons. The van der Waals surface area contributed by atoms with E-state index in [0.29, 0.717) is 16.9 Å². The number of ether oxygens (including phenoxy) is 2. The summed E-state index contributed by atoms with van der Waals surface area (Å²) in [5, 5.41) is 3.61. The smallest absolute Gasteiger partial charge is 0.408 e. The monoisotopic (exact) mass is 347 g/mol. The topological polar surface area (TPSA) is 77.8 Å². The number of fused-ring (bicyclic) bond motifs is 1. The van der Waals surface area contributed by atoms with Crippen molar-refractivity contribution >= 4 is 17.1 Å². The Labute approximate surface area is 147 Å². The number of amides is 1. The molecule has 0 unspecified atom stereocenters. The minimum absolute atomic E-state index is 0.0413. The Hall–Kier alpha value is -2.50. The van der Waals surface area contributed by atoms with Gasteiger partial charge in [-0.2, -0.15) is 0 Å². The summed E-state index contributed by atoms with van der Waals surface area (Å²) in [5.41, 5.74) is 0.0252. The van der Waals surface area contributed by atoms with Crippen LogP contribution in [0.3, 0.4) is 0 Å². The SMILES string of the molecule is COc1ccc2c([C@@H](NC(=O)OC(C)(C)C)C(C)C)cc(=O)oc2c1. The Kier molecular flexibility index (Phi) is 5.40. The van der Waals surface area contributed by atoms with E-state index < -0.39 is 23.4 Å². The maximum Gasteiger partial charge on any atom is 0.408 e. The number of nitrogens with one attached hydrogen (secondary N) is 1. The molecule has 1 atom stereocenters. The van der Waals surface area contributed by atoms with Gasteiger partial charge in [-0.1, -0.05) is 13.8 Å². The predicted octanol–water partition coefficient (Wildman–Crippen LogP) is 4.02. The molecule has 2 aromatic rings. The Morgan fingerprint density at radius 2 is 1.88 bits per heavy atom. The van der Waals surface area contributed by atoms with Gasteiger partial charge in [0.25, 0.3) is 0 Å². The van der Waals surface area contributed by atoms with E-state index in [2.05, 4.69) is 5.32 Å². The maximum atomic E-state index is 12.2. The number of methoxy groups -OCH3 is 1. The Bertz CT molecular complexity index is 817. The molecule has 1 amide bonds. The zero-order valence-corrected chi connectivity index (χ0v) is 15.5. The summed E-state index contributed by atoms with van der Waals surface area (Å²) in [6, 6.07) is 6.28.